The van der Waals surface area contributed by atoms with Gasteiger partial charge in [-0.25, -0.2) is 4.99 Å². The molecule has 1 aliphatic heterocycles. The number of nitrogens with two attached hydrogens (primary N) is 2. The van der Waals surface area contributed by atoms with E-state index in [1.165, 1.54) is 0 Å². The van der Waals surface area contributed by atoms with Gasteiger partial charge in [0.05, 0.1) is 6.21 Å². The lowest BCUT2D eigenvalue weighted by molar-refractivity contribution is -0.124. The molecule has 0 aromatic rings. The molecule has 1 fully saturated rings. The number of piperidine rings is 1. The summed E-state index contributed by atoms with van der Waals surface area (Å²) in [7, 11) is 1.71. The van der Waals surface area contributed by atoms with Crippen molar-refractivity contribution < 1.29 is 9.53 Å². The normalized spacial score (nSPS) is 20.8. The molecule has 7 nitrogen and oxygen atoms in total. The van der Waals surface area contributed by atoms with Gasteiger partial charge in [-0.3, -0.25) is 9.79 Å². The van der Waals surface area contributed by atoms with Crippen LogP contribution in [0.4, 0.5) is 0 Å². The smallest absolute Gasteiger partial charge is 0.243 e. The van der Waals surface area contributed by atoms with E-state index in [2.05, 4.69) is 21.8 Å². The van der Waals surface area contributed by atoms with Crippen LogP contribution in [-0.4, -0.2) is 62.4 Å². The fourth-order valence-electron chi connectivity index (χ4n) is 2.22. The van der Waals surface area contributed by atoms with E-state index in [1.54, 1.807) is 20.2 Å². The Hall–Kier alpha value is -1.47. The van der Waals surface area contributed by atoms with E-state index >= 15 is 0 Å². The van der Waals surface area contributed by atoms with Crippen molar-refractivity contribution in [1.29, 1.82) is 0 Å². The number of aliphatic imine (C=N–C) groups is 2. The maximum atomic E-state index is 10.7. The summed E-state index contributed by atoms with van der Waals surface area (Å²) in [6.45, 7) is 6.34. The van der Waals surface area contributed by atoms with Gasteiger partial charge in [0.1, 0.15) is 18.7 Å². The van der Waals surface area contributed by atoms with Gasteiger partial charge in [0, 0.05) is 20.1 Å². The van der Waals surface area contributed by atoms with Gasteiger partial charge in [0.2, 0.25) is 5.91 Å². The summed E-state index contributed by atoms with van der Waals surface area (Å²) in [6, 6.07) is 0. The third-order valence-corrected chi connectivity index (χ3v) is 3.81. The van der Waals surface area contributed by atoms with Crippen LogP contribution in [0.1, 0.15) is 26.7 Å². The van der Waals surface area contributed by atoms with Crippen molar-refractivity contribution in [3.63, 3.8) is 0 Å². The van der Waals surface area contributed by atoms with E-state index < -0.39 is 12.1 Å². The summed E-state index contributed by atoms with van der Waals surface area (Å²) in [5.74, 6) is 0.271. The second-order valence-electron chi connectivity index (χ2n) is 5.75. The molecule has 0 aromatic carbocycles. The topological polar surface area (TPSA) is 106 Å². The van der Waals surface area contributed by atoms with Crippen LogP contribution in [0.15, 0.2) is 9.98 Å². The summed E-state index contributed by atoms with van der Waals surface area (Å²) < 4.78 is 5.26. The lowest BCUT2D eigenvalue weighted by Gasteiger charge is -2.39. The standard InChI is InChI=1S/C14H27N5O2/c1-11(21-9-12(16)20)18-13(8-17-3)19-6-4-14(2,10-15)5-7-19/h8,11H,4-7,9-10,15H2,1-3H3,(H2,16,20)/b17-8-,18-13+. The van der Waals surface area contributed by atoms with Gasteiger partial charge in [-0.05, 0) is 31.7 Å². The third-order valence-electron chi connectivity index (χ3n) is 3.81. The highest BCUT2D eigenvalue weighted by Crippen LogP contribution is 2.29. The van der Waals surface area contributed by atoms with Crippen molar-refractivity contribution in [3.8, 4) is 0 Å². The molecule has 0 aromatic heterocycles. The molecule has 0 bridgehead atoms. The van der Waals surface area contributed by atoms with Gasteiger partial charge in [-0.1, -0.05) is 6.92 Å². The third kappa shape index (κ3) is 5.81. The van der Waals surface area contributed by atoms with Crippen LogP contribution in [0.25, 0.3) is 0 Å². The number of amidine groups is 1. The van der Waals surface area contributed by atoms with Crippen molar-refractivity contribution in [3.05, 3.63) is 0 Å². The second kappa shape index (κ2) is 8.09. The summed E-state index contributed by atoms with van der Waals surface area (Å²) in [5, 5.41) is 0. The van der Waals surface area contributed by atoms with Gasteiger partial charge < -0.3 is 21.1 Å². The zero-order chi connectivity index (χ0) is 15.9. The van der Waals surface area contributed by atoms with Gasteiger partial charge in [-0.15, -0.1) is 0 Å². The molecule has 1 rings (SSSR count). The minimum atomic E-state index is -0.501. The number of hydrogen-bond donors (Lipinski definition) is 2. The number of carbonyl (C=O) groups excluding carboxylic acids is 1. The highest BCUT2D eigenvalue weighted by atomic mass is 16.5. The predicted octanol–water partition coefficient (Wildman–Crippen LogP) is -0.00580. The van der Waals surface area contributed by atoms with Crippen molar-refractivity contribution in [2.75, 3.05) is 33.3 Å². The molecule has 1 saturated heterocycles. The molecule has 1 amide bonds. The quantitative estimate of drug-likeness (QED) is 0.531. The number of rotatable bonds is 6. The van der Waals surface area contributed by atoms with E-state index in [1.807, 2.05) is 0 Å². The average Bonchev–Trinajstić information content (AvgIpc) is 2.45. The van der Waals surface area contributed by atoms with Gasteiger partial charge in [-0.2, -0.15) is 0 Å². The van der Waals surface area contributed by atoms with Crippen molar-refractivity contribution in [2.24, 2.45) is 26.9 Å². The highest BCUT2D eigenvalue weighted by Gasteiger charge is 2.29. The average molecular weight is 297 g/mol. The zero-order valence-electron chi connectivity index (χ0n) is 13.2. The molecule has 120 valence electrons. The number of hydrogen-bond acceptors (Lipinski definition) is 5. The first-order valence-corrected chi connectivity index (χ1v) is 7.25. The summed E-state index contributed by atoms with van der Waals surface area (Å²) in [6.07, 6.45) is 3.33. The Labute approximate surface area is 126 Å². The van der Waals surface area contributed by atoms with Crippen LogP contribution in [0, 0.1) is 5.41 Å². The summed E-state index contributed by atoms with van der Waals surface area (Å²) in [5.41, 5.74) is 11.1. The number of primary amides is 1. The Morgan fingerprint density at radius 3 is 2.57 bits per heavy atom. The highest BCUT2D eigenvalue weighted by molar-refractivity contribution is 6.29. The molecule has 1 unspecified atom stereocenters. The largest absolute Gasteiger partial charge is 0.368 e. The number of carbonyl (C=O) groups is 1. The maximum Gasteiger partial charge on any atom is 0.243 e. The Balaban J connectivity index is 2.67. The molecule has 1 heterocycles. The van der Waals surface area contributed by atoms with Crippen LogP contribution in [0.5, 0.6) is 0 Å². The minimum Gasteiger partial charge on any atom is -0.368 e. The molecular formula is C14H27N5O2. The SMILES string of the molecule is C/N=C\C(=N/C(C)OCC(N)=O)N1CCC(C)(CN)CC1. The molecule has 0 saturated carbocycles. The monoisotopic (exact) mass is 297 g/mol. The first-order chi connectivity index (χ1) is 9.90. The van der Waals surface area contributed by atoms with Crippen LogP contribution >= 0.6 is 0 Å². The maximum absolute atomic E-state index is 10.7. The second-order valence-corrected chi connectivity index (χ2v) is 5.75. The molecule has 7 heteroatoms. The molecule has 1 aliphatic rings. The van der Waals surface area contributed by atoms with Crippen molar-refractivity contribution in [2.45, 2.75) is 32.9 Å². The lowest BCUT2D eigenvalue weighted by atomic mass is 9.80. The van der Waals surface area contributed by atoms with E-state index in [-0.39, 0.29) is 12.0 Å². The van der Waals surface area contributed by atoms with Crippen LogP contribution < -0.4 is 11.5 Å². The van der Waals surface area contributed by atoms with Crippen molar-refractivity contribution >= 4 is 18.0 Å². The number of ether oxygens (including phenoxy) is 1. The molecule has 1 atom stereocenters. The molecule has 0 spiro atoms. The van der Waals surface area contributed by atoms with E-state index in [4.69, 9.17) is 16.2 Å². The van der Waals surface area contributed by atoms with Gasteiger partial charge in [0.25, 0.3) is 0 Å². The Morgan fingerprint density at radius 1 is 1.48 bits per heavy atom. The first-order valence-electron chi connectivity index (χ1n) is 7.25. The van der Waals surface area contributed by atoms with Crippen molar-refractivity contribution in [1.82, 2.24) is 4.90 Å². The number of nitrogens with zero attached hydrogens (tertiary/aromatic N) is 3. The summed E-state index contributed by atoms with van der Waals surface area (Å²) in [4.78, 5) is 21.4. The summed E-state index contributed by atoms with van der Waals surface area (Å²) >= 11 is 0. The predicted molar refractivity (Wildman–Crippen MR) is 84.4 cm³/mol. The van der Waals surface area contributed by atoms with Gasteiger partial charge >= 0.3 is 0 Å². The number of amides is 1. The Morgan fingerprint density at radius 2 is 2.10 bits per heavy atom. The van der Waals surface area contributed by atoms with Crippen LogP contribution in [0.3, 0.4) is 0 Å². The zero-order valence-corrected chi connectivity index (χ0v) is 13.2. The number of likely N-dealkylation sites (tertiary alicyclic amines) is 1. The van der Waals surface area contributed by atoms with E-state index in [0.717, 1.165) is 31.8 Å². The van der Waals surface area contributed by atoms with Crippen LogP contribution in [0.2, 0.25) is 0 Å². The van der Waals surface area contributed by atoms with E-state index in [9.17, 15) is 4.79 Å². The molecule has 0 radical (unpaired) electrons. The lowest BCUT2D eigenvalue weighted by Crippen LogP contribution is -2.45. The van der Waals surface area contributed by atoms with Gasteiger partial charge in [0.15, 0.2) is 0 Å². The molecule has 4 N–H and O–H groups in total. The molecule has 21 heavy (non-hydrogen) atoms. The molecule has 0 aliphatic carbocycles. The van der Waals surface area contributed by atoms with E-state index in [0.29, 0.717) is 6.54 Å². The molecular weight excluding hydrogens is 270 g/mol. The Bertz CT molecular complexity index is 400. The first kappa shape index (κ1) is 17.6. The fourth-order valence-corrected chi connectivity index (χ4v) is 2.22. The fraction of sp³-hybridized carbons (Fsp3) is 0.786. The van der Waals surface area contributed by atoms with Crippen LogP contribution in [-0.2, 0) is 9.53 Å². The minimum absolute atomic E-state index is 0.132. The Kier molecular flexibility index (Phi) is 6.77.